The van der Waals surface area contributed by atoms with Crippen molar-refractivity contribution in [2.75, 3.05) is 25.0 Å². The summed E-state index contributed by atoms with van der Waals surface area (Å²) >= 11 is 1.35. The molecule has 1 fully saturated rings. The predicted octanol–water partition coefficient (Wildman–Crippen LogP) is 2.68. The van der Waals surface area contributed by atoms with Gasteiger partial charge >= 0.3 is 5.97 Å². The number of hydrogen-bond acceptors (Lipinski definition) is 4. The van der Waals surface area contributed by atoms with E-state index in [0.29, 0.717) is 17.5 Å². The van der Waals surface area contributed by atoms with Crippen LogP contribution in [0.2, 0.25) is 0 Å². The first-order valence-electron chi connectivity index (χ1n) is 7.37. The smallest absolute Gasteiger partial charge is 0.338 e. The van der Waals surface area contributed by atoms with Crippen molar-refractivity contribution in [1.82, 2.24) is 4.90 Å². The Morgan fingerprint density at radius 1 is 1.52 bits per heavy atom. The van der Waals surface area contributed by atoms with Crippen LogP contribution in [0.4, 0.5) is 5.00 Å². The van der Waals surface area contributed by atoms with Crippen LogP contribution in [0, 0.1) is 5.92 Å². The SMILES string of the molecule is CCc1cc(C(=O)O)c(NC(=O)CN2CCCC(C)C2)s1. The highest BCUT2D eigenvalue weighted by Crippen LogP contribution is 2.28. The largest absolute Gasteiger partial charge is 0.478 e. The van der Waals surface area contributed by atoms with Gasteiger partial charge in [0, 0.05) is 11.4 Å². The molecule has 6 heteroatoms. The van der Waals surface area contributed by atoms with Crippen LogP contribution in [0.5, 0.6) is 0 Å². The molecule has 1 amide bonds. The van der Waals surface area contributed by atoms with Crippen LogP contribution in [0.1, 0.15) is 41.9 Å². The highest BCUT2D eigenvalue weighted by atomic mass is 32.1. The number of carboxylic acids is 1. The summed E-state index contributed by atoms with van der Waals surface area (Å²) < 4.78 is 0. The quantitative estimate of drug-likeness (QED) is 0.877. The van der Waals surface area contributed by atoms with Crippen molar-refractivity contribution >= 4 is 28.2 Å². The summed E-state index contributed by atoms with van der Waals surface area (Å²) in [5.74, 6) is -0.501. The number of piperidine rings is 1. The number of likely N-dealkylation sites (tertiary alicyclic amines) is 1. The van der Waals surface area contributed by atoms with Crippen LogP contribution in [-0.4, -0.2) is 41.5 Å². The molecular formula is C15H22N2O3S. The third-order valence-electron chi connectivity index (χ3n) is 3.72. The molecule has 2 heterocycles. The van der Waals surface area contributed by atoms with Gasteiger partial charge < -0.3 is 10.4 Å². The van der Waals surface area contributed by atoms with Crippen molar-refractivity contribution in [2.24, 2.45) is 5.92 Å². The maximum Gasteiger partial charge on any atom is 0.338 e. The molecule has 0 bridgehead atoms. The Hall–Kier alpha value is -1.40. The highest BCUT2D eigenvalue weighted by molar-refractivity contribution is 7.16. The number of carbonyl (C=O) groups is 2. The van der Waals surface area contributed by atoms with E-state index < -0.39 is 5.97 Å². The van der Waals surface area contributed by atoms with Gasteiger partial charge in [-0.3, -0.25) is 9.69 Å². The Balaban J connectivity index is 1.98. The summed E-state index contributed by atoms with van der Waals surface area (Å²) in [4.78, 5) is 26.4. The lowest BCUT2D eigenvalue weighted by Gasteiger charge is -2.30. The van der Waals surface area contributed by atoms with Gasteiger partial charge in [-0.2, -0.15) is 0 Å². The molecular weight excluding hydrogens is 288 g/mol. The Bertz CT molecular complexity index is 527. The van der Waals surface area contributed by atoms with Crippen LogP contribution in [-0.2, 0) is 11.2 Å². The van der Waals surface area contributed by atoms with Crippen molar-refractivity contribution in [1.29, 1.82) is 0 Å². The number of nitrogens with zero attached hydrogens (tertiary/aromatic N) is 1. The molecule has 21 heavy (non-hydrogen) atoms. The fourth-order valence-corrected chi connectivity index (χ4v) is 3.67. The number of aryl methyl sites for hydroxylation is 1. The third-order valence-corrected chi connectivity index (χ3v) is 4.92. The molecule has 5 nitrogen and oxygen atoms in total. The molecule has 2 N–H and O–H groups in total. The van der Waals surface area contributed by atoms with E-state index >= 15 is 0 Å². The fourth-order valence-electron chi connectivity index (χ4n) is 2.67. The fraction of sp³-hybridized carbons (Fsp3) is 0.600. The van der Waals surface area contributed by atoms with Gasteiger partial charge in [-0.05, 0) is 37.8 Å². The summed E-state index contributed by atoms with van der Waals surface area (Å²) in [7, 11) is 0. The molecule has 1 atom stereocenters. The molecule has 0 radical (unpaired) electrons. The number of carbonyl (C=O) groups excluding carboxylic acids is 1. The Labute approximate surface area is 129 Å². The van der Waals surface area contributed by atoms with Crippen LogP contribution >= 0.6 is 11.3 Å². The van der Waals surface area contributed by atoms with Crippen LogP contribution in [0.3, 0.4) is 0 Å². The minimum atomic E-state index is -0.993. The van der Waals surface area contributed by atoms with E-state index in [1.807, 2.05) is 6.92 Å². The van der Waals surface area contributed by atoms with Crippen molar-refractivity contribution in [3.05, 3.63) is 16.5 Å². The third kappa shape index (κ3) is 4.28. The zero-order chi connectivity index (χ0) is 15.4. The van der Waals surface area contributed by atoms with Crippen molar-refractivity contribution in [3.8, 4) is 0 Å². The van der Waals surface area contributed by atoms with E-state index in [9.17, 15) is 14.7 Å². The number of carboxylic acid groups (broad SMARTS) is 1. The van der Waals surface area contributed by atoms with Crippen molar-refractivity contribution in [2.45, 2.75) is 33.1 Å². The Kier molecular flexibility index (Phi) is 5.36. The van der Waals surface area contributed by atoms with Gasteiger partial charge in [-0.1, -0.05) is 13.8 Å². The van der Waals surface area contributed by atoms with E-state index in [2.05, 4.69) is 17.1 Å². The number of hydrogen-bond donors (Lipinski definition) is 2. The molecule has 1 saturated heterocycles. The number of aromatic carboxylic acids is 1. The first-order chi connectivity index (χ1) is 9.99. The molecule has 1 aliphatic rings. The zero-order valence-corrected chi connectivity index (χ0v) is 13.3. The molecule has 0 spiro atoms. The maximum atomic E-state index is 12.1. The van der Waals surface area contributed by atoms with E-state index in [1.165, 1.54) is 17.8 Å². The normalized spacial score (nSPS) is 19.4. The molecule has 2 rings (SSSR count). The van der Waals surface area contributed by atoms with E-state index in [1.54, 1.807) is 6.07 Å². The lowest BCUT2D eigenvalue weighted by molar-refractivity contribution is -0.117. The summed E-state index contributed by atoms with van der Waals surface area (Å²) in [5, 5.41) is 12.4. The second kappa shape index (κ2) is 7.04. The average molecular weight is 310 g/mol. The number of anilines is 1. The Morgan fingerprint density at radius 3 is 2.90 bits per heavy atom. The summed E-state index contributed by atoms with van der Waals surface area (Å²) in [6.07, 6.45) is 3.10. The first kappa shape index (κ1) is 16.0. The molecule has 1 aromatic rings. The molecule has 1 unspecified atom stereocenters. The predicted molar refractivity (Wildman–Crippen MR) is 84.1 cm³/mol. The summed E-state index contributed by atoms with van der Waals surface area (Å²) in [6, 6.07) is 1.64. The van der Waals surface area contributed by atoms with Crippen molar-refractivity contribution < 1.29 is 14.7 Å². The molecule has 0 aliphatic carbocycles. The molecule has 1 aromatic heterocycles. The standard InChI is InChI=1S/C15H22N2O3S/c1-3-11-7-12(15(19)20)14(21-11)16-13(18)9-17-6-4-5-10(2)8-17/h7,10H,3-6,8-9H2,1-2H3,(H,16,18)(H,19,20). The van der Waals surface area contributed by atoms with Gasteiger partial charge in [0.25, 0.3) is 0 Å². The van der Waals surface area contributed by atoms with Gasteiger partial charge in [-0.15, -0.1) is 11.3 Å². The molecule has 0 saturated carbocycles. The number of thiophene rings is 1. The van der Waals surface area contributed by atoms with E-state index in [-0.39, 0.29) is 11.5 Å². The number of amides is 1. The van der Waals surface area contributed by atoms with Gasteiger partial charge in [0.15, 0.2) is 0 Å². The maximum absolute atomic E-state index is 12.1. The topological polar surface area (TPSA) is 69.6 Å². The minimum Gasteiger partial charge on any atom is -0.478 e. The van der Waals surface area contributed by atoms with Gasteiger partial charge in [0.05, 0.1) is 12.1 Å². The van der Waals surface area contributed by atoms with Crippen LogP contribution in [0.15, 0.2) is 6.07 Å². The minimum absolute atomic E-state index is 0.129. The summed E-state index contributed by atoms with van der Waals surface area (Å²) in [5.41, 5.74) is 0.192. The molecule has 116 valence electrons. The monoisotopic (exact) mass is 310 g/mol. The van der Waals surface area contributed by atoms with Crippen LogP contribution in [0.25, 0.3) is 0 Å². The highest BCUT2D eigenvalue weighted by Gasteiger charge is 2.21. The molecule has 0 aromatic carbocycles. The average Bonchev–Trinajstić information content (AvgIpc) is 2.81. The number of nitrogens with one attached hydrogen (secondary N) is 1. The van der Waals surface area contributed by atoms with Gasteiger partial charge in [0.1, 0.15) is 5.00 Å². The molecule has 1 aliphatic heterocycles. The Morgan fingerprint density at radius 2 is 2.29 bits per heavy atom. The van der Waals surface area contributed by atoms with E-state index in [0.717, 1.165) is 30.8 Å². The lowest BCUT2D eigenvalue weighted by atomic mass is 10.0. The van der Waals surface area contributed by atoms with Gasteiger partial charge in [0.2, 0.25) is 5.91 Å². The van der Waals surface area contributed by atoms with Crippen LogP contribution < -0.4 is 5.32 Å². The zero-order valence-electron chi connectivity index (χ0n) is 12.5. The van der Waals surface area contributed by atoms with E-state index in [4.69, 9.17) is 0 Å². The first-order valence-corrected chi connectivity index (χ1v) is 8.19. The summed E-state index contributed by atoms with van der Waals surface area (Å²) in [6.45, 7) is 6.37. The number of rotatable bonds is 5. The lowest BCUT2D eigenvalue weighted by Crippen LogP contribution is -2.39. The van der Waals surface area contributed by atoms with Gasteiger partial charge in [-0.25, -0.2) is 4.79 Å². The van der Waals surface area contributed by atoms with Crippen molar-refractivity contribution in [3.63, 3.8) is 0 Å². The second-order valence-corrected chi connectivity index (χ2v) is 6.78. The second-order valence-electron chi connectivity index (χ2n) is 5.64.